The fourth-order valence-corrected chi connectivity index (χ4v) is 0.370. The highest BCUT2D eigenvalue weighted by Crippen LogP contribution is 2.16. The fraction of sp³-hybridized carbons (Fsp3) is 0.750. The molecular formula is C8H18N2O4. The van der Waals surface area contributed by atoms with Gasteiger partial charge in [0.2, 0.25) is 0 Å². The van der Waals surface area contributed by atoms with Gasteiger partial charge in [-0.15, -0.1) is 0 Å². The summed E-state index contributed by atoms with van der Waals surface area (Å²) in [5, 5.41) is 16.0. The lowest BCUT2D eigenvalue weighted by Gasteiger charge is -2.22. The topological polar surface area (TPSA) is 127 Å². The van der Waals surface area contributed by atoms with Gasteiger partial charge in [-0.05, 0) is 5.41 Å². The van der Waals surface area contributed by atoms with Crippen LogP contribution in [0.4, 0.5) is 0 Å². The Labute approximate surface area is 82.9 Å². The second-order valence-corrected chi connectivity index (χ2v) is 3.78. The zero-order chi connectivity index (χ0) is 11.9. The molecule has 0 aliphatic rings. The molecule has 0 rings (SSSR count). The Hall–Kier alpha value is -1.14. The van der Waals surface area contributed by atoms with Crippen LogP contribution in [0.3, 0.4) is 0 Å². The first-order chi connectivity index (χ1) is 6.12. The Balaban J connectivity index is 0. The van der Waals surface area contributed by atoms with Gasteiger partial charge in [0.05, 0.1) is 6.54 Å². The van der Waals surface area contributed by atoms with E-state index >= 15 is 0 Å². The minimum atomic E-state index is -0.968. The van der Waals surface area contributed by atoms with Crippen LogP contribution in [-0.2, 0) is 9.59 Å². The molecule has 0 aromatic carbocycles. The highest BCUT2D eigenvalue weighted by Gasteiger charge is 2.26. The Kier molecular flexibility index (Phi) is 6.94. The molecule has 0 aliphatic carbocycles. The van der Waals surface area contributed by atoms with E-state index in [1.54, 1.807) is 20.8 Å². The molecule has 0 fully saturated rings. The van der Waals surface area contributed by atoms with Crippen LogP contribution in [0.1, 0.15) is 20.8 Å². The van der Waals surface area contributed by atoms with Crippen molar-refractivity contribution in [2.45, 2.75) is 26.8 Å². The molecule has 1 atom stereocenters. The van der Waals surface area contributed by atoms with Crippen molar-refractivity contribution in [1.29, 1.82) is 0 Å². The number of carboxylic acid groups (broad SMARTS) is 2. The summed E-state index contributed by atoms with van der Waals surface area (Å²) in [6.07, 6.45) is 0. The average molecular weight is 206 g/mol. The molecule has 0 amide bonds. The van der Waals surface area contributed by atoms with Crippen LogP contribution in [0, 0.1) is 5.41 Å². The summed E-state index contributed by atoms with van der Waals surface area (Å²) < 4.78 is 0. The van der Waals surface area contributed by atoms with E-state index in [1.807, 2.05) is 0 Å². The molecule has 0 aliphatic heterocycles. The second kappa shape index (κ2) is 6.33. The molecule has 6 nitrogen and oxygen atoms in total. The van der Waals surface area contributed by atoms with Crippen LogP contribution in [0.15, 0.2) is 0 Å². The van der Waals surface area contributed by atoms with Gasteiger partial charge in [0, 0.05) is 0 Å². The van der Waals surface area contributed by atoms with Gasteiger partial charge in [-0.2, -0.15) is 0 Å². The minimum Gasteiger partial charge on any atom is -0.480 e. The predicted molar refractivity (Wildman–Crippen MR) is 51.8 cm³/mol. The van der Waals surface area contributed by atoms with E-state index in [-0.39, 0.29) is 12.0 Å². The van der Waals surface area contributed by atoms with Crippen molar-refractivity contribution in [2.24, 2.45) is 16.9 Å². The summed E-state index contributed by atoms with van der Waals surface area (Å²) in [6.45, 7) is 5.11. The fourth-order valence-electron chi connectivity index (χ4n) is 0.370. The summed E-state index contributed by atoms with van der Waals surface area (Å²) in [4.78, 5) is 19.5. The zero-order valence-corrected chi connectivity index (χ0v) is 8.65. The molecule has 0 saturated carbocycles. The van der Waals surface area contributed by atoms with Crippen LogP contribution in [0.5, 0.6) is 0 Å². The molecule has 0 aromatic heterocycles. The van der Waals surface area contributed by atoms with Gasteiger partial charge in [0.15, 0.2) is 0 Å². The third-order valence-corrected chi connectivity index (χ3v) is 1.37. The number of rotatable bonds is 2. The zero-order valence-electron chi connectivity index (χ0n) is 8.65. The maximum absolute atomic E-state index is 10.2. The molecule has 84 valence electrons. The number of nitrogens with two attached hydrogens (primary N) is 2. The molecule has 0 aromatic rings. The molecule has 0 spiro atoms. The Morgan fingerprint density at radius 1 is 1.29 bits per heavy atom. The third-order valence-electron chi connectivity index (χ3n) is 1.37. The summed E-state index contributed by atoms with van der Waals surface area (Å²) >= 11 is 0. The SMILES string of the molecule is CC(C)(C)C(N)C(=O)O.NCC(=O)O. The first kappa shape index (κ1) is 15.3. The van der Waals surface area contributed by atoms with Crippen molar-refractivity contribution in [3.63, 3.8) is 0 Å². The molecule has 0 radical (unpaired) electrons. The van der Waals surface area contributed by atoms with Crippen molar-refractivity contribution in [1.82, 2.24) is 0 Å². The molecule has 6 heteroatoms. The minimum absolute atomic E-state index is 0.278. The van der Waals surface area contributed by atoms with E-state index in [2.05, 4.69) is 5.73 Å². The maximum atomic E-state index is 10.2. The largest absolute Gasteiger partial charge is 0.480 e. The molecule has 0 bridgehead atoms. The smallest absolute Gasteiger partial charge is 0.321 e. The lowest BCUT2D eigenvalue weighted by molar-refractivity contribution is -0.141. The highest BCUT2D eigenvalue weighted by atomic mass is 16.4. The van der Waals surface area contributed by atoms with Crippen molar-refractivity contribution >= 4 is 11.9 Å². The maximum Gasteiger partial charge on any atom is 0.321 e. The van der Waals surface area contributed by atoms with Crippen LogP contribution < -0.4 is 11.5 Å². The van der Waals surface area contributed by atoms with Crippen molar-refractivity contribution < 1.29 is 19.8 Å². The van der Waals surface area contributed by atoms with Crippen molar-refractivity contribution in [2.75, 3.05) is 6.54 Å². The van der Waals surface area contributed by atoms with E-state index in [0.29, 0.717) is 0 Å². The Morgan fingerprint density at radius 2 is 1.57 bits per heavy atom. The van der Waals surface area contributed by atoms with Gasteiger partial charge in [0.1, 0.15) is 6.04 Å². The predicted octanol–water partition coefficient (Wildman–Crippen LogP) is -0.526. The van der Waals surface area contributed by atoms with Crippen LogP contribution in [0.2, 0.25) is 0 Å². The summed E-state index contributed by atoms with van der Waals surface area (Å²) in [5.41, 5.74) is 9.52. The monoisotopic (exact) mass is 206 g/mol. The number of hydrogen-bond acceptors (Lipinski definition) is 4. The van der Waals surface area contributed by atoms with Gasteiger partial charge in [0.25, 0.3) is 0 Å². The number of carboxylic acids is 2. The average Bonchev–Trinajstić information content (AvgIpc) is 2.02. The van der Waals surface area contributed by atoms with Gasteiger partial charge >= 0.3 is 11.9 Å². The van der Waals surface area contributed by atoms with Crippen molar-refractivity contribution in [3.8, 4) is 0 Å². The van der Waals surface area contributed by atoms with E-state index in [1.165, 1.54) is 0 Å². The quantitative estimate of drug-likeness (QED) is 0.481. The van der Waals surface area contributed by atoms with Crippen LogP contribution >= 0.6 is 0 Å². The second-order valence-electron chi connectivity index (χ2n) is 3.78. The molecule has 6 N–H and O–H groups in total. The van der Waals surface area contributed by atoms with Gasteiger partial charge in [-0.25, -0.2) is 0 Å². The molecule has 14 heavy (non-hydrogen) atoms. The first-order valence-corrected chi connectivity index (χ1v) is 4.03. The van der Waals surface area contributed by atoms with E-state index < -0.39 is 18.0 Å². The van der Waals surface area contributed by atoms with Crippen LogP contribution in [-0.4, -0.2) is 34.7 Å². The van der Waals surface area contributed by atoms with E-state index in [9.17, 15) is 9.59 Å². The number of aliphatic carboxylic acids is 2. The third kappa shape index (κ3) is 8.95. The molecule has 1 unspecified atom stereocenters. The van der Waals surface area contributed by atoms with Gasteiger partial charge < -0.3 is 21.7 Å². The van der Waals surface area contributed by atoms with E-state index in [4.69, 9.17) is 15.9 Å². The molecule has 0 saturated heterocycles. The summed E-state index contributed by atoms with van der Waals surface area (Å²) in [5.74, 6) is -1.91. The molecule has 0 heterocycles. The lowest BCUT2D eigenvalue weighted by Crippen LogP contribution is -2.41. The highest BCUT2D eigenvalue weighted by molar-refractivity contribution is 5.74. The van der Waals surface area contributed by atoms with Gasteiger partial charge in [-0.3, -0.25) is 9.59 Å². The van der Waals surface area contributed by atoms with E-state index in [0.717, 1.165) is 0 Å². The number of hydrogen-bond donors (Lipinski definition) is 4. The number of carbonyl (C=O) groups is 2. The lowest BCUT2D eigenvalue weighted by atomic mass is 9.88. The van der Waals surface area contributed by atoms with Gasteiger partial charge in [-0.1, -0.05) is 20.8 Å². The Bertz CT molecular complexity index is 198. The molecular weight excluding hydrogens is 188 g/mol. The normalized spacial score (nSPS) is 12.4. The Morgan fingerprint density at radius 3 is 1.57 bits per heavy atom. The summed E-state index contributed by atoms with van der Waals surface area (Å²) in [6, 6.07) is -0.766. The van der Waals surface area contributed by atoms with Crippen molar-refractivity contribution in [3.05, 3.63) is 0 Å². The first-order valence-electron chi connectivity index (χ1n) is 4.03. The summed E-state index contributed by atoms with van der Waals surface area (Å²) in [7, 11) is 0. The van der Waals surface area contributed by atoms with Crippen LogP contribution in [0.25, 0.3) is 0 Å². The standard InChI is InChI=1S/C6H13NO2.C2H5NO2/c1-6(2,3)4(7)5(8)9;3-1-2(4)5/h4H,7H2,1-3H3,(H,8,9);1,3H2,(H,4,5).